The maximum absolute atomic E-state index is 12.6. The lowest BCUT2D eigenvalue weighted by Crippen LogP contribution is -2.28. The first-order chi connectivity index (χ1) is 12.6. The fraction of sp³-hybridized carbons (Fsp3) is 0.250. The van der Waals surface area contributed by atoms with Crippen molar-refractivity contribution in [3.8, 4) is 0 Å². The molecule has 0 bridgehead atoms. The molecule has 1 unspecified atom stereocenters. The van der Waals surface area contributed by atoms with Crippen molar-refractivity contribution in [1.82, 2.24) is 9.88 Å². The molecule has 6 heteroatoms. The minimum absolute atomic E-state index is 0.0224. The number of aromatic nitrogens is 1. The zero-order valence-corrected chi connectivity index (χ0v) is 15.3. The average molecular weight is 365 g/mol. The molecule has 0 spiro atoms. The number of amides is 2. The van der Waals surface area contributed by atoms with Gasteiger partial charge in [0, 0.05) is 19.5 Å². The number of carbonyl (C=O) groups is 2. The van der Waals surface area contributed by atoms with Crippen molar-refractivity contribution in [1.29, 1.82) is 0 Å². The highest BCUT2D eigenvalue weighted by molar-refractivity contribution is 7.22. The smallest absolute Gasteiger partial charge is 0.231 e. The van der Waals surface area contributed by atoms with Crippen molar-refractivity contribution in [3.05, 3.63) is 59.7 Å². The van der Waals surface area contributed by atoms with Gasteiger partial charge in [0.05, 0.1) is 16.1 Å². The maximum atomic E-state index is 12.6. The Kier molecular flexibility index (Phi) is 4.42. The second-order valence-corrected chi connectivity index (χ2v) is 7.62. The highest BCUT2D eigenvalue weighted by atomic mass is 32.1. The summed E-state index contributed by atoms with van der Waals surface area (Å²) in [5, 5.41) is 3.49. The van der Waals surface area contributed by atoms with E-state index >= 15 is 0 Å². The molecule has 3 aromatic rings. The van der Waals surface area contributed by atoms with E-state index in [0.29, 0.717) is 18.2 Å². The molecule has 2 heterocycles. The number of thiazole rings is 1. The van der Waals surface area contributed by atoms with E-state index in [1.54, 1.807) is 4.90 Å². The Bertz CT molecular complexity index is 968. The van der Waals surface area contributed by atoms with E-state index in [4.69, 9.17) is 0 Å². The summed E-state index contributed by atoms with van der Waals surface area (Å²) in [6.07, 6.45) is 0.253. The van der Waals surface area contributed by atoms with E-state index < -0.39 is 0 Å². The normalized spacial score (nSPS) is 17.0. The molecule has 26 heavy (non-hydrogen) atoms. The van der Waals surface area contributed by atoms with Crippen LogP contribution < -0.4 is 5.32 Å². The Morgan fingerprint density at radius 3 is 2.81 bits per heavy atom. The van der Waals surface area contributed by atoms with E-state index in [1.807, 2.05) is 55.5 Å². The number of fused-ring (bicyclic) bond motifs is 1. The van der Waals surface area contributed by atoms with Gasteiger partial charge in [0.1, 0.15) is 0 Å². The molecule has 1 fully saturated rings. The quantitative estimate of drug-likeness (QED) is 0.768. The topological polar surface area (TPSA) is 62.3 Å². The molecular weight excluding hydrogens is 346 g/mol. The molecule has 1 saturated heterocycles. The third kappa shape index (κ3) is 3.32. The molecule has 132 valence electrons. The summed E-state index contributed by atoms with van der Waals surface area (Å²) in [7, 11) is 0. The van der Waals surface area contributed by atoms with Crippen LogP contribution >= 0.6 is 11.3 Å². The average Bonchev–Trinajstić information content (AvgIpc) is 3.20. The fourth-order valence-electron chi connectivity index (χ4n) is 3.25. The van der Waals surface area contributed by atoms with E-state index in [9.17, 15) is 9.59 Å². The number of nitrogens with zero attached hydrogens (tertiary/aromatic N) is 2. The van der Waals surface area contributed by atoms with Crippen molar-refractivity contribution in [2.75, 3.05) is 11.9 Å². The highest BCUT2D eigenvalue weighted by Crippen LogP contribution is 2.29. The number of para-hydroxylation sites is 1. The van der Waals surface area contributed by atoms with Gasteiger partial charge in [-0.15, -0.1) is 0 Å². The third-order valence-corrected chi connectivity index (χ3v) is 5.59. The molecule has 1 aliphatic rings. The van der Waals surface area contributed by atoms with E-state index in [-0.39, 0.29) is 24.2 Å². The minimum atomic E-state index is -0.334. The molecule has 1 atom stereocenters. The molecule has 4 rings (SSSR count). The molecule has 1 aliphatic heterocycles. The van der Waals surface area contributed by atoms with Crippen molar-refractivity contribution in [2.24, 2.45) is 5.92 Å². The highest BCUT2D eigenvalue weighted by Gasteiger charge is 2.34. The van der Waals surface area contributed by atoms with Crippen LogP contribution in [0.3, 0.4) is 0 Å². The lowest BCUT2D eigenvalue weighted by atomic mass is 10.1. The van der Waals surface area contributed by atoms with Crippen molar-refractivity contribution in [2.45, 2.75) is 19.9 Å². The van der Waals surface area contributed by atoms with Crippen LogP contribution in [0.15, 0.2) is 48.5 Å². The predicted molar refractivity (Wildman–Crippen MR) is 103 cm³/mol. The lowest BCUT2D eigenvalue weighted by molar-refractivity contribution is -0.128. The van der Waals surface area contributed by atoms with Gasteiger partial charge in [-0.25, -0.2) is 4.98 Å². The fourth-order valence-corrected chi connectivity index (χ4v) is 4.20. The lowest BCUT2D eigenvalue weighted by Gasteiger charge is -2.16. The second kappa shape index (κ2) is 6.88. The first kappa shape index (κ1) is 16.7. The van der Waals surface area contributed by atoms with Gasteiger partial charge in [0.25, 0.3) is 0 Å². The molecule has 5 nitrogen and oxygen atoms in total. The number of benzene rings is 2. The van der Waals surface area contributed by atoms with Gasteiger partial charge in [-0.1, -0.05) is 53.8 Å². The number of nitrogens with one attached hydrogen (secondary N) is 1. The monoisotopic (exact) mass is 365 g/mol. The molecular formula is C20H19N3O2S. The van der Waals surface area contributed by atoms with Crippen LogP contribution in [-0.2, 0) is 16.1 Å². The van der Waals surface area contributed by atoms with Crippen LogP contribution in [0.1, 0.15) is 17.5 Å². The summed E-state index contributed by atoms with van der Waals surface area (Å²) in [5.74, 6) is -0.445. The van der Waals surface area contributed by atoms with Gasteiger partial charge in [-0.2, -0.15) is 0 Å². The SMILES string of the molecule is Cc1cccc2sc(NC(=O)C3CC(=O)N(Cc4ccccc4)C3)nc12. The Labute approximate surface area is 155 Å². The molecule has 0 aliphatic carbocycles. The number of hydrogen-bond acceptors (Lipinski definition) is 4. The van der Waals surface area contributed by atoms with Crippen LogP contribution in [0.2, 0.25) is 0 Å². The summed E-state index contributed by atoms with van der Waals surface area (Å²) in [6, 6.07) is 15.8. The zero-order chi connectivity index (χ0) is 18.1. The molecule has 2 aromatic carbocycles. The number of likely N-dealkylation sites (tertiary alicyclic amines) is 1. The van der Waals surface area contributed by atoms with Crippen LogP contribution in [0.5, 0.6) is 0 Å². The summed E-state index contributed by atoms with van der Waals surface area (Å²) in [4.78, 5) is 31.1. The Balaban J connectivity index is 1.43. The van der Waals surface area contributed by atoms with Gasteiger partial charge >= 0.3 is 0 Å². The van der Waals surface area contributed by atoms with E-state index in [0.717, 1.165) is 21.3 Å². The largest absolute Gasteiger partial charge is 0.338 e. The van der Waals surface area contributed by atoms with Gasteiger partial charge in [-0.05, 0) is 24.1 Å². The third-order valence-electron chi connectivity index (χ3n) is 4.65. The van der Waals surface area contributed by atoms with Crippen LogP contribution in [0.4, 0.5) is 5.13 Å². The number of rotatable bonds is 4. The van der Waals surface area contributed by atoms with E-state index in [2.05, 4.69) is 10.3 Å². The zero-order valence-electron chi connectivity index (χ0n) is 14.4. The summed E-state index contributed by atoms with van der Waals surface area (Å²) in [6.45, 7) is 3.00. The molecule has 1 N–H and O–H groups in total. The second-order valence-electron chi connectivity index (χ2n) is 6.59. The molecule has 0 radical (unpaired) electrons. The summed E-state index contributed by atoms with van der Waals surface area (Å²) in [5.41, 5.74) is 3.08. The van der Waals surface area contributed by atoms with Crippen molar-refractivity contribution >= 4 is 38.5 Å². The Morgan fingerprint density at radius 2 is 2.04 bits per heavy atom. The van der Waals surface area contributed by atoms with E-state index in [1.165, 1.54) is 11.3 Å². The molecule has 2 amide bonds. The number of hydrogen-bond donors (Lipinski definition) is 1. The van der Waals surface area contributed by atoms with Gasteiger partial charge in [0.2, 0.25) is 11.8 Å². The van der Waals surface area contributed by atoms with Gasteiger partial charge in [0.15, 0.2) is 5.13 Å². The van der Waals surface area contributed by atoms with Gasteiger partial charge in [-0.3, -0.25) is 9.59 Å². The first-order valence-corrected chi connectivity index (χ1v) is 9.40. The molecule has 1 aromatic heterocycles. The van der Waals surface area contributed by atoms with Gasteiger partial charge < -0.3 is 10.2 Å². The summed E-state index contributed by atoms with van der Waals surface area (Å²) >= 11 is 1.46. The number of carbonyl (C=O) groups excluding carboxylic acids is 2. The van der Waals surface area contributed by atoms with Crippen LogP contribution in [0.25, 0.3) is 10.2 Å². The minimum Gasteiger partial charge on any atom is -0.338 e. The Morgan fingerprint density at radius 1 is 1.23 bits per heavy atom. The maximum Gasteiger partial charge on any atom is 0.231 e. The van der Waals surface area contributed by atoms with Crippen molar-refractivity contribution in [3.63, 3.8) is 0 Å². The predicted octanol–water partition coefficient (Wildman–Crippen LogP) is 3.59. The van der Waals surface area contributed by atoms with Crippen LogP contribution in [-0.4, -0.2) is 28.2 Å². The Hall–Kier alpha value is -2.73. The standard InChI is InChI=1S/C20H19N3O2S/c1-13-6-5-9-16-18(13)21-20(26-16)22-19(25)15-10-17(24)23(12-15)11-14-7-3-2-4-8-14/h2-9,15H,10-12H2,1H3,(H,21,22,25). The first-order valence-electron chi connectivity index (χ1n) is 8.59. The van der Waals surface area contributed by atoms with Crippen LogP contribution in [0, 0.1) is 12.8 Å². The number of aryl methyl sites for hydroxylation is 1. The molecule has 0 saturated carbocycles. The number of anilines is 1. The summed E-state index contributed by atoms with van der Waals surface area (Å²) < 4.78 is 1.05. The van der Waals surface area contributed by atoms with Crippen molar-refractivity contribution < 1.29 is 9.59 Å².